The van der Waals surface area contributed by atoms with Crippen LogP contribution >= 0.6 is 27.3 Å². The summed E-state index contributed by atoms with van der Waals surface area (Å²) in [5, 5.41) is 0. The molecular formula is C15H18BrN3OS. The Balaban J connectivity index is 1.81. The van der Waals surface area contributed by atoms with E-state index in [1.165, 1.54) is 4.88 Å². The van der Waals surface area contributed by atoms with E-state index in [4.69, 9.17) is 5.73 Å². The van der Waals surface area contributed by atoms with Gasteiger partial charge in [-0.05, 0) is 53.9 Å². The Morgan fingerprint density at radius 2 is 2.29 bits per heavy atom. The fraction of sp³-hybridized carbons (Fsp3) is 0.400. The van der Waals surface area contributed by atoms with Gasteiger partial charge < -0.3 is 15.2 Å². The standard InChI is InChI=1S/C15H18BrN3OS/c1-2-18(9-12-5-6-14(16)21-12)15(20)13-7-10(17)8-19(13)11-3-4-11/h5-8,11H,2-4,9,17H2,1H3. The Kier molecular flexibility index (Phi) is 4.08. The molecule has 1 amide bonds. The summed E-state index contributed by atoms with van der Waals surface area (Å²) in [7, 11) is 0. The van der Waals surface area contributed by atoms with E-state index in [-0.39, 0.29) is 5.91 Å². The summed E-state index contributed by atoms with van der Waals surface area (Å²) in [6.45, 7) is 3.33. The molecule has 0 spiro atoms. The first-order valence-corrected chi connectivity index (χ1v) is 8.70. The smallest absolute Gasteiger partial charge is 0.270 e. The Morgan fingerprint density at radius 3 is 2.86 bits per heavy atom. The van der Waals surface area contributed by atoms with E-state index >= 15 is 0 Å². The summed E-state index contributed by atoms with van der Waals surface area (Å²) in [5.41, 5.74) is 7.27. The maximum absolute atomic E-state index is 12.8. The number of nitrogen functional groups attached to an aromatic ring is 1. The van der Waals surface area contributed by atoms with Crippen LogP contribution in [0.4, 0.5) is 5.69 Å². The number of halogens is 1. The molecule has 2 heterocycles. The minimum atomic E-state index is 0.0608. The number of thiophene rings is 1. The van der Waals surface area contributed by atoms with Gasteiger partial charge in [-0.25, -0.2) is 0 Å². The summed E-state index contributed by atoms with van der Waals surface area (Å²) >= 11 is 5.13. The number of anilines is 1. The summed E-state index contributed by atoms with van der Waals surface area (Å²) < 4.78 is 3.14. The number of rotatable bonds is 5. The fourth-order valence-electron chi connectivity index (χ4n) is 2.44. The zero-order chi connectivity index (χ0) is 15.0. The number of hydrogen-bond acceptors (Lipinski definition) is 3. The Bertz CT molecular complexity index is 660. The van der Waals surface area contributed by atoms with Crippen molar-refractivity contribution in [3.8, 4) is 0 Å². The lowest BCUT2D eigenvalue weighted by atomic mass is 10.3. The minimum Gasteiger partial charge on any atom is -0.397 e. The number of nitrogens with zero attached hydrogens (tertiary/aromatic N) is 2. The molecule has 0 bridgehead atoms. The van der Waals surface area contributed by atoms with Crippen molar-refractivity contribution in [2.45, 2.75) is 32.4 Å². The van der Waals surface area contributed by atoms with Crippen LogP contribution in [0.2, 0.25) is 0 Å². The van der Waals surface area contributed by atoms with Crippen molar-refractivity contribution in [3.05, 3.63) is 38.8 Å². The van der Waals surface area contributed by atoms with Gasteiger partial charge in [0.1, 0.15) is 5.69 Å². The first-order valence-electron chi connectivity index (χ1n) is 7.09. The number of amides is 1. The average molecular weight is 368 g/mol. The highest BCUT2D eigenvalue weighted by Gasteiger charge is 2.29. The molecule has 0 atom stereocenters. The van der Waals surface area contributed by atoms with Crippen molar-refractivity contribution < 1.29 is 4.79 Å². The zero-order valence-corrected chi connectivity index (χ0v) is 14.3. The second-order valence-electron chi connectivity index (χ2n) is 5.32. The van der Waals surface area contributed by atoms with Crippen LogP contribution in [0.1, 0.15) is 41.2 Å². The van der Waals surface area contributed by atoms with Gasteiger partial charge in [0.05, 0.1) is 16.0 Å². The Morgan fingerprint density at radius 1 is 1.52 bits per heavy atom. The van der Waals surface area contributed by atoms with E-state index in [1.54, 1.807) is 17.4 Å². The number of aromatic nitrogens is 1. The first kappa shape index (κ1) is 14.7. The number of hydrogen-bond donors (Lipinski definition) is 1. The molecule has 112 valence electrons. The topological polar surface area (TPSA) is 51.3 Å². The molecule has 21 heavy (non-hydrogen) atoms. The largest absolute Gasteiger partial charge is 0.397 e. The van der Waals surface area contributed by atoms with Gasteiger partial charge in [0.25, 0.3) is 5.91 Å². The highest BCUT2D eigenvalue weighted by atomic mass is 79.9. The van der Waals surface area contributed by atoms with E-state index in [9.17, 15) is 4.79 Å². The van der Waals surface area contributed by atoms with E-state index < -0.39 is 0 Å². The first-order chi connectivity index (χ1) is 10.1. The molecule has 0 radical (unpaired) electrons. The van der Waals surface area contributed by atoms with Crippen LogP contribution in [0, 0.1) is 0 Å². The van der Waals surface area contributed by atoms with Crippen LogP contribution in [0.5, 0.6) is 0 Å². The molecule has 0 saturated heterocycles. The van der Waals surface area contributed by atoms with Crippen LogP contribution in [0.15, 0.2) is 28.2 Å². The zero-order valence-electron chi connectivity index (χ0n) is 11.9. The molecule has 2 aromatic heterocycles. The molecule has 0 aromatic carbocycles. The quantitative estimate of drug-likeness (QED) is 0.871. The van der Waals surface area contributed by atoms with Gasteiger partial charge >= 0.3 is 0 Å². The normalized spacial score (nSPS) is 14.4. The van der Waals surface area contributed by atoms with Crippen molar-refractivity contribution in [2.75, 3.05) is 12.3 Å². The summed E-state index contributed by atoms with van der Waals surface area (Å²) in [6.07, 6.45) is 4.16. The molecule has 1 aliphatic rings. The van der Waals surface area contributed by atoms with Crippen molar-refractivity contribution >= 4 is 38.9 Å². The second-order valence-corrected chi connectivity index (χ2v) is 7.87. The van der Waals surface area contributed by atoms with E-state index in [0.717, 1.165) is 16.6 Å². The second kappa shape index (κ2) is 5.85. The molecule has 2 aromatic rings. The third-order valence-corrected chi connectivity index (χ3v) is 5.28. The van der Waals surface area contributed by atoms with E-state index in [1.807, 2.05) is 28.7 Å². The van der Waals surface area contributed by atoms with Gasteiger partial charge in [-0.1, -0.05) is 0 Å². The van der Waals surface area contributed by atoms with Crippen LogP contribution < -0.4 is 5.73 Å². The van der Waals surface area contributed by atoms with Gasteiger partial charge in [-0.3, -0.25) is 4.79 Å². The third-order valence-electron chi connectivity index (χ3n) is 3.67. The molecule has 4 nitrogen and oxygen atoms in total. The highest BCUT2D eigenvalue weighted by Crippen LogP contribution is 2.37. The van der Waals surface area contributed by atoms with Gasteiger partial charge in [0.2, 0.25) is 0 Å². The predicted molar refractivity (Wildman–Crippen MR) is 89.5 cm³/mol. The monoisotopic (exact) mass is 367 g/mol. The Hall–Kier alpha value is -1.27. The predicted octanol–water partition coefficient (Wildman–Crippen LogP) is 3.89. The van der Waals surface area contributed by atoms with Crippen LogP contribution in [-0.4, -0.2) is 21.9 Å². The summed E-state index contributed by atoms with van der Waals surface area (Å²) in [4.78, 5) is 15.8. The van der Waals surface area contributed by atoms with Gasteiger partial charge in [-0.2, -0.15) is 0 Å². The molecule has 1 saturated carbocycles. The van der Waals surface area contributed by atoms with E-state index in [2.05, 4.69) is 22.0 Å². The minimum absolute atomic E-state index is 0.0608. The molecule has 0 aliphatic heterocycles. The van der Waals surface area contributed by atoms with Gasteiger partial charge in [0.15, 0.2) is 0 Å². The van der Waals surface area contributed by atoms with Crippen molar-refractivity contribution in [1.82, 2.24) is 9.47 Å². The maximum Gasteiger partial charge on any atom is 0.270 e. The lowest BCUT2D eigenvalue weighted by Gasteiger charge is -2.21. The molecule has 0 unspecified atom stereocenters. The van der Waals surface area contributed by atoms with Crippen molar-refractivity contribution in [1.29, 1.82) is 0 Å². The van der Waals surface area contributed by atoms with E-state index in [0.29, 0.717) is 30.5 Å². The average Bonchev–Trinajstić information content (AvgIpc) is 3.12. The lowest BCUT2D eigenvalue weighted by Crippen LogP contribution is -2.31. The SMILES string of the molecule is CCN(Cc1ccc(Br)s1)C(=O)c1cc(N)cn1C1CC1. The number of carbonyl (C=O) groups is 1. The Labute approximate surface area is 136 Å². The number of carbonyl (C=O) groups excluding carboxylic acids is 1. The molecular weight excluding hydrogens is 350 g/mol. The maximum atomic E-state index is 12.8. The third kappa shape index (κ3) is 3.16. The van der Waals surface area contributed by atoms with Crippen LogP contribution in [0.25, 0.3) is 0 Å². The lowest BCUT2D eigenvalue weighted by molar-refractivity contribution is 0.0743. The van der Waals surface area contributed by atoms with Gasteiger partial charge in [-0.15, -0.1) is 11.3 Å². The van der Waals surface area contributed by atoms with Crippen molar-refractivity contribution in [2.24, 2.45) is 0 Å². The van der Waals surface area contributed by atoms with Gasteiger partial charge in [0, 0.05) is 23.7 Å². The summed E-state index contributed by atoms with van der Waals surface area (Å²) in [6, 6.07) is 6.33. The molecule has 1 aliphatic carbocycles. The van der Waals surface area contributed by atoms with Crippen molar-refractivity contribution in [3.63, 3.8) is 0 Å². The fourth-order valence-corrected chi connectivity index (χ4v) is 3.94. The number of nitrogens with two attached hydrogens (primary N) is 1. The highest BCUT2D eigenvalue weighted by molar-refractivity contribution is 9.11. The summed E-state index contributed by atoms with van der Waals surface area (Å²) in [5.74, 6) is 0.0608. The van der Waals surface area contributed by atoms with Crippen LogP contribution in [0.3, 0.4) is 0 Å². The molecule has 3 rings (SSSR count). The molecule has 2 N–H and O–H groups in total. The van der Waals surface area contributed by atoms with Crippen LogP contribution in [-0.2, 0) is 6.54 Å². The molecule has 1 fully saturated rings. The molecule has 6 heteroatoms.